The Morgan fingerprint density at radius 1 is 0.448 bits per heavy atom. The van der Waals surface area contributed by atoms with Crippen LogP contribution in [-0.4, -0.2) is 9.13 Å². The Morgan fingerprint density at radius 2 is 0.793 bits per heavy atom. The van der Waals surface area contributed by atoms with Crippen molar-refractivity contribution >= 4 is 49.3 Å². The van der Waals surface area contributed by atoms with Gasteiger partial charge in [0.05, 0.1) is 45.6 Å². The number of aromatic nitrogens is 2. The number of fused-ring (bicyclic) bond motifs is 6. The molecule has 3 nitrogen and oxygen atoms in total. The second-order valence-electron chi connectivity index (χ2n) is 20.1. The molecule has 8 aromatic rings. The standard InChI is InChI=1S/C53H53F2N3/c1-50(2,3)31-17-21-35-36-22-18-32(51(4,5)6)28-44(36)57(43(35)27-31)42-26-25-39(47-40(54)15-14-16-41(47)55)49(48(42)56-13)58-45-29-33(52(7,8)9)19-23-37(45)38-24-20-34(30-46(38)58)53(10,11)12/h14-30H,1-12H3. The molecule has 0 aliphatic carbocycles. The number of hydrogen-bond acceptors (Lipinski definition) is 0. The largest absolute Gasteiger partial charge is 0.319 e. The summed E-state index contributed by atoms with van der Waals surface area (Å²) < 4.78 is 36.8. The minimum absolute atomic E-state index is 0.134. The molecule has 2 heterocycles. The van der Waals surface area contributed by atoms with Crippen LogP contribution in [-0.2, 0) is 21.7 Å². The summed E-state index contributed by atoms with van der Waals surface area (Å²) in [5.41, 5.74) is 9.19. The first kappa shape index (κ1) is 39.1. The third-order valence-electron chi connectivity index (χ3n) is 11.9. The van der Waals surface area contributed by atoms with E-state index in [0.717, 1.165) is 54.7 Å². The fourth-order valence-electron chi connectivity index (χ4n) is 8.45. The number of rotatable bonds is 3. The van der Waals surface area contributed by atoms with E-state index in [9.17, 15) is 0 Å². The predicted molar refractivity (Wildman–Crippen MR) is 242 cm³/mol. The van der Waals surface area contributed by atoms with Crippen LogP contribution in [0.4, 0.5) is 14.5 Å². The van der Waals surface area contributed by atoms with Crippen molar-refractivity contribution in [3.8, 4) is 22.5 Å². The lowest BCUT2D eigenvalue weighted by Crippen LogP contribution is -2.12. The van der Waals surface area contributed by atoms with Gasteiger partial charge in [0.15, 0.2) is 0 Å². The van der Waals surface area contributed by atoms with Crippen molar-refractivity contribution in [2.75, 3.05) is 0 Å². The van der Waals surface area contributed by atoms with E-state index in [-0.39, 0.29) is 27.2 Å². The molecular formula is C53H53F2N3. The predicted octanol–water partition coefficient (Wildman–Crippen LogP) is 15.6. The van der Waals surface area contributed by atoms with Gasteiger partial charge in [-0.1, -0.05) is 144 Å². The first-order valence-electron chi connectivity index (χ1n) is 20.3. The lowest BCUT2D eigenvalue weighted by molar-refractivity contribution is 0.589. The van der Waals surface area contributed by atoms with Crippen molar-refractivity contribution in [3.63, 3.8) is 0 Å². The zero-order chi connectivity index (χ0) is 41.9. The molecule has 6 aromatic carbocycles. The molecule has 0 amide bonds. The van der Waals surface area contributed by atoms with Gasteiger partial charge in [-0.3, -0.25) is 0 Å². The molecule has 0 atom stereocenters. The fourth-order valence-corrected chi connectivity index (χ4v) is 8.45. The summed E-state index contributed by atoms with van der Waals surface area (Å²) in [6.45, 7) is 35.5. The molecule has 0 unspecified atom stereocenters. The van der Waals surface area contributed by atoms with E-state index in [1.807, 2.05) is 12.1 Å². The SMILES string of the molecule is [C-]#[N+]c1c(-n2c3cc(C(C)(C)C)ccc3c3ccc(C(C)(C)C)cc32)ccc(-c2c(F)cccc2F)c1-n1c2cc(C(C)(C)C)ccc2c2ccc(C(C)(C)C)cc21. The van der Waals surface area contributed by atoms with Gasteiger partial charge in [-0.2, -0.15) is 0 Å². The zero-order valence-electron chi connectivity index (χ0n) is 35.9. The van der Waals surface area contributed by atoms with E-state index in [4.69, 9.17) is 6.57 Å². The lowest BCUT2D eigenvalue weighted by atomic mass is 9.86. The molecular weight excluding hydrogens is 717 g/mol. The molecule has 0 bridgehead atoms. The van der Waals surface area contributed by atoms with E-state index in [1.165, 1.54) is 29.3 Å². The molecule has 0 saturated heterocycles. The molecule has 8 rings (SSSR count). The summed E-state index contributed by atoms with van der Waals surface area (Å²) in [6.07, 6.45) is 0. The first-order valence-corrected chi connectivity index (χ1v) is 20.3. The van der Waals surface area contributed by atoms with Gasteiger partial charge < -0.3 is 9.13 Å². The van der Waals surface area contributed by atoms with Gasteiger partial charge in [-0.25, -0.2) is 13.6 Å². The Bertz CT molecular complexity index is 2850. The van der Waals surface area contributed by atoms with E-state index in [0.29, 0.717) is 22.6 Å². The van der Waals surface area contributed by atoms with Crippen molar-refractivity contribution in [1.29, 1.82) is 0 Å². The number of benzene rings is 6. The lowest BCUT2D eigenvalue weighted by Gasteiger charge is -2.24. The Morgan fingerprint density at radius 3 is 1.12 bits per heavy atom. The topological polar surface area (TPSA) is 14.2 Å². The van der Waals surface area contributed by atoms with Crippen molar-refractivity contribution < 1.29 is 8.78 Å². The summed E-state index contributed by atoms with van der Waals surface area (Å²) in [5.74, 6) is -1.36. The summed E-state index contributed by atoms with van der Waals surface area (Å²) in [5, 5.41) is 4.16. The van der Waals surface area contributed by atoms with E-state index in [2.05, 4.69) is 170 Å². The fraction of sp³-hybridized carbons (Fsp3) is 0.302. The number of nitrogens with zero attached hydrogens (tertiary/aromatic N) is 3. The van der Waals surface area contributed by atoms with Crippen molar-refractivity contribution in [3.05, 3.63) is 148 Å². The highest BCUT2D eigenvalue weighted by molar-refractivity contribution is 6.13. The van der Waals surface area contributed by atoms with Crippen LogP contribution in [0.5, 0.6) is 0 Å². The first-order chi connectivity index (χ1) is 27.1. The van der Waals surface area contributed by atoms with Gasteiger partial charge in [0.2, 0.25) is 5.69 Å². The van der Waals surface area contributed by atoms with Gasteiger partial charge in [-0.05, 0) is 86.4 Å². The van der Waals surface area contributed by atoms with Gasteiger partial charge in [0.25, 0.3) is 0 Å². The smallest absolute Gasteiger partial charge is 0.234 e. The molecule has 2 aromatic heterocycles. The number of halogens is 2. The molecule has 58 heavy (non-hydrogen) atoms. The molecule has 0 radical (unpaired) electrons. The Kier molecular flexibility index (Phi) is 8.87. The van der Waals surface area contributed by atoms with Crippen LogP contribution in [0, 0.1) is 18.2 Å². The molecule has 5 heteroatoms. The van der Waals surface area contributed by atoms with E-state index in [1.54, 1.807) is 0 Å². The third-order valence-corrected chi connectivity index (χ3v) is 11.9. The van der Waals surface area contributed by atoms with Crippen LogP contribution >= 0.6 is 0 Å². The highest BCUT2D eigenvalue weighted by Gasteiger charge is 2.29. The maximum atomic E-state index is 16.2. The number of hydrogen-bond donors (Lipinski definition) is 0. The van der Waals surface area contributed by atoms with Crippen LogP contribution in [0.1, 0.15) is 105 Å². The molecule has 0 spiro atoms. The second kappa shape index (κ2) is 13.1. The monoisotopic (exact) mass is 769 g/mol. The van der Waals surface area contributed by atoms with Crippen LogP contribution in [0.3, 0.4) is 0 Å². The molecule has 0 saturated carbocycles. The molecule has 0 aliphatic heterocycles. The normalized spacial score (nSPS) is 13.0. The van der Waals surface area contributed by atoms with Crippen LogP contribution in [0.25, 0.3) is 71.0 Å². The summed E-state index contributed by atoms with van der Waals surface area (Å²) in [6, 6.07) is 34.0. The van der Waals surface area contributed by atoms with Gasteiger partial charge in [0, 0.05) is 27.1 Å². The Hall–Kier alpha value is -5.73. The summed E-state index contributed by atoms with van der Waals surface area (Å²) in [4.78, 5) is 4.40. The maximum absolute atomic E-state index is 16.2. The Balaban J connectivity index is 1.63. The summed E-state index contributed by atoms with van der Waals surface area (Å²) in [7, 11) is 0. The van der Waals surface area contributed by atoms with Crippen molar-refractivity contribution in [2.24, 2.45) is 0 Å². The highest BCUT2D eigenvalue weighted by Crippen LogP contribution is 2.48. The van der Waals surface area contributed by atoms with E-state index >= 15 is 8.78 Å². The van der Waals surface area contributed by atoms with Crippen molar-refractivity contribution in [1.82, 2.24) is 9.13 Å². The van der Waals surface area contributed by atoms with Gasteiger partial charge in [-0.15, -0.1) is 0 Å². The maximum Gasteiger partial charge on any atom is 0.234 e. The minimum atomic E-state index is -0.682. The van der Waals surface area contributed by atoms with Gasteiger partial charge >= 0.3 is 0 Å². The van der Waals surface area contributed by atoms with Crippen LogP contribution in [0.2, 0.25) is 0 Å². The average Bonchev–Trinajstić information content (AvgIpc) is 3.64. The van der Waals surface area contributed by atoms with E-state index < -0.39 is 11.6 Å². The molecule has 0 N–H and O–H groups in total. The van der Waals surface area contributed by atoms with Crippen LogP contribution < -0.4 is 0 Å². The second-order valence-corrected chi connectivity index (χ2v) is 20.1. The third kappa shape index (κ3) is 6.29. The molecule has 0 aliphatic rings. The highest BCUT2D eigenvalue weighted by atomic mass is 19.1. The zero-order valence-corrected chi connectivity index (χ0v) is 35.9. The minimum Gasteiger partial charge on any atom is -0.319 e. The average molecular weight is 770 g/mol. The van der Waals surface area contributed by atoms with Gasteiger partial charge in [0.1, 0.15) is 11.6 Å². The molecule has 294 valence electrons. The van der Waals surface area contributed by atoms with Crippen molar-refractivity contribution in [2.45, 2.75) is 105 Å². The molecule has 0 fully saturated rings. The van der Waals surface area contributed by atoms with Crippen LogP contribution in [0.15, 0.2) is 103 Å². The quantitative estimate of drug-likeness (QED) is 0.159. The summed E-state index contributed by atoms with van der Waals surface area (Å²) >= 11 is 0. The Labute approximate surface area is 341 Å².